The molecule has 0 aliphatic heterocycles. The van der Waals surface area contributed by atoms with Crippen molar-refractivity contribution in [3.63, 3.8) is 0 Å². The Bertz CT molecular complexity index is 207. The summed E-state index contributed by atoms with van der Waals surface area (Å²) < 4.78 is 0. The summed E-state index contributed by atoms with van der Waals surface area (Å²) >= 11 is 0. The Morgan fingerprint density at radius 3 is 2.23 bits per heavy atom. The van der Waals surface area contributed by atoms with Crippen molar-refractivity contribution in [1.82, 2.24) is 5.32 Å². The predicted octanol–water partition coefficient (Wildman–Crippen LogP) is 2.12. The Kier molecular flexibility index (Phi) is 4.67. The number of carbonyl (C=O) groups is 1. The number of nitrogens with one attached hydrogen (secondary N) is 1. The van der Waals surface area contributed by atoms with Crippen LogP contribution in [-0.4, -0.2) is 17.3 Å². The third kappa shape index (κ3) is 5.39. The molecule has 0 atom stereocenters. The van der Waals surface area contributed by atoms with Crippen molar-refractivity contribution in [2.24, 2.45) is 4.99 Å². The number of carbonyl (C=O) groups excluding carboxylic acids is 1. The molecule has 13 heavy (non-hydrogen) atoms. The van der Waals surface area contributed by atoms with Crippen LogP contribution in [0, 0.1) is 0 Å². The van der Waals surface area contributed by atoms with Crippen LogP contribution in [0.3, 0.4) is 0 Å². The molecular weight excluding hydrogens is 164 g/mol. The van der Waals surface area contributed by atoms with E-state index in [4.69, 9.17) is 0 Å². The first-order chi connectivity index (χ1) is 5.91. The lowest BCUT2D eigenvalue weighted by molar-refractivity contribution is -0.122. The second-order valence-corrected chi connectivity index (χ2v) is 3.66. The Morgan fingerprint density at radius 1 is 1.31 bits per heavy atom. The zero-order valence-corrected chi connectivity index (χ0v) is 9.27. The van der Waals surface area contributed by atoms with E-state index in [9.17, 15) is 4.79 Å². The molecule has 1 N–H and O–H groups in total. The molecular formula is C10H20N2O. The fourth-order valence-electron chi connectivity index (χ4n) is 1.01. The van der Waals surface area contributed by atoms with Crippen molar-refractivity contribution < 1.29 is 4.79 Å². The van der Waals surface area contributed by atoms with Crippen LogP contribution in [0.2, 0.25) is 0 Å². The summed E-state index contributed by atoms with van der Waals surface area (Å²) in [5, 5.41) is 2.84. The predicted molar refractivity (Wildman–Crippen MR) is 55.9 cm³/mol. The van der Waals surface area contributed by atoms with E-state index >= 15 is 0 Å². The molecule has 0 aliphatic carbocycles. The average Bonchev–Trinajstić information content (AvgIpc) is 2.02. The van der Waals surface area contributed by atoms with Crippen molar-refractivity contribution >= 4 is 11.6 Å². The molecule has 1 amide bonds. The molecule has 0 bridgehead atoms. The fraction of sp³-hybridized carbons (Fsp3) is 0.800. The van der Waals surface area contributed by atoms with E-state index in [0.29, 0.717) is 6.42 Å². The lowest BCUT2D eigenvalue weighted by Gasteiger charge is -2.22. The maximum Gasteiger partial charge on any atom is 0.221 e. The van der Waals surface area contributed by atoms with E-state index in [2.05, 4.69) is 17.2 Å². The molecule has 76 valence electrons. The van der Waals surface area contributed by atoms with Crippen LogP contribution in [0.25, 0.3) is 0 Å². The smallest absolute Gasteiger partial charge is 0.221 e. The van der Waals surface area contributed by atoms with Crippen LogP contribution in [0.15, 0.2) is 4.99 Å². The summed E-state index contributed by atoms with van der Waals surface area (Å²) in [4.78, 5) is 15.5. The highest BCUT2D eigenvalue weighted by atomic mass is 16.1. The Hall–Kier alpha value is -0.860. The summed E-state index contributed by atoms with van der Waals surface area (Å²) in [5.74, 6) is 0.0395. The molecule has 3 nitrogen and oxygen atoms in total. The van der Waals surface area contributed by atoms with E-state index in [0.717, 1.165) is 12.1 Å². The first-order valence-corrected chi connectivity index (χ1v) is 4.77. The molecule has 0 unspecified atom stereocenters. The Morgan fingerprint density at radius 2 is 1.85 bits per heavy atom. The van der Waals surface area contributed by atoms with Gasteiger partial charge in [0.15, 0.2) is 0 Å². The van der Waals surface area contributed by atoms with Gasteiger partial charge in [-0.3, -0.25) is 9.79 Å². The highest BCUT2D eigenvalue weighted by Gasteiger charge is 2.17. The quantitative estimate of drug-likeness (QED) is 0.668. The highest BCUT2D eigenvalue weighted by molar-refractivity contribution is 5.82. The zero-order valence-electron chi connectivity index (χ0n) is 9.27. The molecule has 0 saturated carbocycles. The van der Waals surface area contributed by atoms with E-state index in [1.807, 2.05) is 27.7 Å². The largest absolute Gasteiger partial charge is 0.332 e. The minimum absolute atomic E-state index is 0.0395. The van der Waals surface area contributed by atoms with Gasteiger partial charge in [0, 0.05) is 12.1 Å². The van der Waals surface area contributed by atoms with Crippen LogP contribution in [0.1, 0.15) is 47.5 Å². The maximum absolute atomic E-state index is 11.1. The van der Waals surface area contributed by atoms with E-state index in [1.54, 1.807) is 0 Å². The van der Waals surface area contributed by atoms with Crippen molar-refractivity contribution in [2.75, 3.05) is 0 Å². The summed E-state index contributed by atoms with van der Waals surface area (Å²) in [6, 6.07) is 0. The van der Waals surface area contributed by atoms with Crippen LogP contribution in [0.4, 0.5) is 0 Å². The lowest BCUT2D eigenvalue weighted by atomic mass is 10.2. The van der Waals surface area contributed by atoms with E-state index in [-0.39, 0.29) is 5.91 Å². The number of aliphatic imine (C=N–C) groups is 1. The lowest BCUT2D eigenvalue weighted by Crippen LogP contribution is -2.42. The number of amides is 1. The van der Waals surface area contributed by atoms with Gasteiger partial charge in [-0.25, -0.2) is 0 Å². The standard InChI is InChI=1S/C10H20N2O/c1-6-8(3)11-10(4,5)12-9(13)7-2/h6-7H2,1-5H3,(H,12,13). The maximum atomic E-state index is 11.1. The van der Waals surface area contributed by atoms with Gasteiger partial charge < -0.3 is 5.32 Å². The molecule has 0 fully saturated rings. The van der Waals surface area contributed by atoms with Crippen molar-refractivity contribution in [3.8, 4) is 0 Å². The highest BCUT2D eigenvalue weighted by Crippen LogP contribution is 2.06. The van der Waals surface area contributed by atoms with Crippen LogP contribution >= 0.6 is 0 Å². The van der Waals surface area contributed by atoms with Gasteiger partial charge in [-0.15, -0.1) is 0 Å². The summed E-state index contributed by atoms with van der Waals surface area (Å²) in [6.07, 6.45) is 1.43. The van der Waals surface area contributed by atoms with Crippen molar-refractivity contribution in [3.05, 3.63) is 0 Å². The van der Waals surface area contributed by atoms with Gasteiger partial charge in [-0.05, 0) is 27.2 Å². The van der Waals surface area contributed by atoms with Gasteiger partial charge in [-0.1, -0.05) is 13.8 Å². The molecule has 0 aromatic carbocycles. The Labute approximate surface area is 80.6 Å². The first kappa shape index (κ1) is 12.1. The zero-order chi connectivity index (χ0) is 10.5. The molecule has 0 aromatic heterocycles. The second kappa shape index (κ2) is 5.00. The number of hydrogen-bond acceptors (Lipinski definition) is 2. The summed E-state index contributed by atoms with van der Waals surface area (Å²) in [6.45, 7) is 9.66. The summed E-state index contributed by atoms with van der Waals surface area (Å²) in [5.41, 5.74) is 0.592. The van der Waals surface area contributed by atoms with Crippen LogP contribution < -0.4 is 5.32 Å². The molecule has 0 saturated heterocycles. The average molecular weight is 184 g/mol. The molecule has 0 rings (SSSR count). The molecule has 0 aromatic rings. The number of nitrogens with zero attached hydrogens (tertiary/aromatic N) is 1. The van der Waals surface area contributed by atoms with Crippen molar-refractivity contribution in [1.29, 1.82) is 0 Å². The minimum Gasteiger partial charge on any atom is -0.332 e. The molecule has 0 heterocycles. The minimum atomic E-state index is -0.465. The summed E-state index contributed by atoms with van der Waals surface area (Å²) in [7, 11) is 0. The monoisotopic (exact) mass is 184 g/mol. The van der Waals surface area contributed by atoms with E-state index < -0.39 is 5.66 Å². The van der Waals surface area contributed by atoms with Gasteiger partial charge in [0.05, 0.1) is 0 Å². The van der Waals surface area contributed by atoms with Gasteiger partial charge in [0.2, 0.25) is 5.91 Å². The van der Waals surface area contributed by atoms with Gasteiger partial charge >= 0.3 is 0 Å². The first-order valence-electron chi connectivity index (χ1n) is 4.77. The van der Waals surface area contributed by atoms with Crippen molar-refractivity contribution in [2.45, 2.75) is 53.1 Å². The third-order valence-electron chi connectivity index (χ3n) is 1.75. The Balaban J connectivity index is 4.31. The molecule has 0 radical (unpaired) electrons. The van der Waals surface area contributed by atoms with E-state index in [1.165, 1.54) is 0 Å². The van der Waals surface area contributed by atoms with Gasteiger partial charge in [0.25, 0.3) is 0 Å². The number of hydrogen-bond donors (Lipinski definition) is 1. The van der Waals surface area contributed by atoms with Crippen LogP contribution in [-0.2, 0) is 4.79 Å². The van der Waals surface area contributed by atoms with Gasteiger partial charge in [-0.2, -0.15) is 0 Å². The molecule has 0 aliphatic rings. The van der Waals surface area contributed by atoms with Crippen LogP contribution in [0.5, 0.6) is 0 Å². The third-order valence-corrected chi connectivity index (χ3v) is 1.75. The fourth-order valence-corrected chi connectivity index (χ4v) is 1.01. The topological polar surface area (TPSA) is 41.5 Å². The normalized spacial score (nSPS) is 12.8. The van der Waals surface area contributed by atoms with Gasteiger partial charge in [0.1, 0.15) is 5.66 Å². The SMILES string of the molecule is CCC(=O)NC(C)(C)N=C(C)CC. The number of rotatable bonds is 4. The molecule has 3 heteroatoms. The molecule has 0 spiro atoms. The second-order valence-electron chi connectivity index (χ2n) is 3.66.